The smallest absolute Gasteiger partial charge is 0.138 e. The van der Waals surface area contributed by atoms with Gasteiger partial charge in [-0.3, -0.25) is 4.90 Å². The quantitative estimate of drug-likeness (QED) is 0.713. The second kappa shape index (κ2) is 6.63. The van der Waals surface area contributed by atoms with Crippen LogP contribution in [0, 0.1) is 6.92 Å². The van der Waals surface area contributed by atoms with Gasteiger partial charge in [0.25, 0.3) is 0 Å². The van der Waals surface area contributed by atoms with Crippen LogP contribution in [0.1, 0.15) is 22.9 Å². The summed E-state index contributed by atoms with van der Waals surface area (Å²) in [6.45, 7) is 4.81. The van der Waals surface area contributed by atoms with Gasteiger partial charge >= 0.3 is 0 Å². The first-order valence-corrected chi connectivity index (χ1v) is 8.45. The molecule has 0 radical (unpaired) electrons. The van der Waals surface area contributed by atoms with E-state index in [-0.39, 0.29) is 6.23 Å². The largest absolute Gasteiger partial charge is 0.357 e. The van der Waals surface area contributed by atoms with Crippen molar-refractivity contribution >= 4 is 0 Å². The predicted molar refractivity (Wildman–Crippen MR) is 96.1 cm³/mol. The van der Waals surface area contributed by atoms with Gasteiger partial charge in [0.2, 0.25) is 0 Å². The van der Waals surface area contributed by atoms with E-state index in [0.29, 0.717) is 0 Å². The third-order valence-electron chi connectivity index (χ3n) is 4.61. The van der Waals surface area contributed by atoms with Crippen LogP contribution in [0.5, 0.6) is 0 Å². The third-order valence-corrected chi connectivity index (χ3v) is 4.61. The average Bonchev–Trinajstić information content (AvgIpc) is 3.25. The molecule has 0 saturated carbocycles. The highest BCUT2D eigenvalue weighted by Gasteiger charge is 2.27. The topological polar surface area (TPSA) is 17.4 Å². The third kappa shape index (κ3) is 3.01. The van der Waals surface area contributed by atoms with Crippen molar-refractivity contribution in [3.05, 3.63) is 89.7 Å². The summed E-state index contributed by atoms with van der Waals surface area (Å²) in [6.07, 6.45) is 4.35. The van der Waals surface area contributed by atoms with Crippen molar-refractivity contribution in [3.8, 4) is 5.69 Å². The Balaban J connectivity index is 1.56. The molecule has 2 aromatic carbocycles. The van der Waals surface area contributed by atoms with Gasteiger partial charge < -0.3 is 9.30 Å². The van der Waals surface area contributed by atoms with Crippen LogP contribution in [0.25, 0.3) is 5.69 Å². The van der Waals surface area contributed by atoms with E-state index in [2.05, 4.69) is 89.4 Å². The number of rotatable bonds is 4. The number of hydrogen-bond donors (Lipinski definition) is 0. The van der Waals surface area contributed by atoms with Crippen LogP contribution in [-0.4, -0.2) is 22.6 Å². The minimum Gasteiger partial charge on any atom is -0.357 e. The SMILES string of the molecule is Cc1ccccc1-n1ccc([C@@H]2OCCN2Cc2ccccc2)c1. The maximum atomic E-state index is 6.02. The van der Waals surface area contributed by atoms with E-state index in [9.17, 15) is 0 Å². The molecule has 2 heterocycles. The molecule has 1 aromatic heterocycles. The first-order valence-electron chi connectivity index (χ1n) is 8.45. The lowest BCUT2D eigenvalue weighted by atomic mass is 10.2. The van der Waals surface area contributed by atoms with Crippen molar-refractivity contribution in [1.29, 1.82) is 0 Å². The molecule has 4 rings (SSSR count). The molecule has 1 atom stereocenters. The fourth-order valence-electron chi connectivity index (χ4n) is 3.35. The molecule has 3 aromatic rings. The normalized spacial score (nSPS) is 18.1. The standard InChI is InChI=1S/C21H22N2O/c1-17-7-5-6-10-20(17)22-12-11-19(16-22)21-23(13-14-24-21)15-18-8-3-2-4-9-18/h2-12,16,21H,13-15H2,1H3/t21-/m0/s1. The van der Waals surface area contributed by atoms with Crippen molar-refractivity contribution in [2.75, 3.05) is 13.2 Å². The Morgan fingerprint density at radius 3 is 2.62 bits per heavy atom. The summed E-state index contributed by atoms with van der Waals surface area (Å²) < 4.78 is 8.20. The molecule has 122 valence electrons. The van der Waals surface area contributed by atoms with Crippen molar-refractivity contribution in [1.82, 2.24) is 9.47 Å². The zero-order chi connectivity index (χ0) is 16.4. The molecule has 0 spiro atoms. The van der Waals surface area contributed by atoms with E-state index in [1.807, 2.05) is 0 Å². The highest BCUT2D eigenvalue weighted by molar-refractivity contribution is 5.41. The Labute approximate surface area is 143 Å². The van der Waals surface area contributed by atoms with E-state index >= 15 is 0 Å². The Hall–Kier alpha value is -2.36. The van der Waals surface area contributed by atoms with Gasteiger partial charge in [-0.2, -0.15) is 0 Å². The lowest BCUT2D eigenvalue weighted by Crippen LogP contribution is -2.23. The van der Waals surface area contributed by atoms with Crippen LogP contribution in [-0.2, 0) is 11.3 Å². The van der Waals surface area contributed by atoms with Crippen LogP contribution >= 0.6 is 0 Å². The average molecular weight is 318 g/mol. The monoisotopic (exact) mass is 318 g/mol. The van der Waals surface area contributed by atoms with Gasteiger partial charge in [-0.05, 0) is 30.2 Å². The first-order chi connectivity index (χ1) is 11.8. The maximum absolute atomic E-state index is 6.02. The number of aryl methyl sites for hydroxylation is 1. The second-order valence-electron chi connectivity index (χ2n) is 6.32. The van der Waals surface area contributed by atoms with E-state index in [4.69, 9.17) is 4.74 Å². The molecular weight excluding hydrogens is 296 g/mol. The molecule has 0 aliphatic carbocycles. The van der Waals surface area contributed by atoms with Crippen LogP contribution < -0.4 is 0 Å². The molecule has 0 N–H and O–H groups in total. The Kier molecular flexibility index (Phi) is 4.20. The fourth-order valence-corrected chi connectivity index (χ4v) is 3.35. The highest BCUT2D eigenvalue weighted by atomic mass is 16.5. The number of benzene rings is 2. The van der Waals surface area contributed by atoms with Crippen LogP contribution in [0.4, 0.5) is 0 Å². The van der Waals surface area contributed by atoms with Crippen molar-refractivity contribution in [2.24, 2.45) is 0 Å². The number of nitrogens with zero attached hydrogens (tertiary/aromatic N) is 2. The van der Waals surface area contributed by atoms with Gasteiger partial charge in [0, 0.05) is 36.7 Å². The number of ether oxygens (including phenoxy) is 1. The van der Waals surface area contributed by atoms with Crippen molar-refractivity contribution in [3.63, 3.8) is 0 Å². The number of para-hydroxylation sites is 1. The molecule has 0 amide bonds. The number of hydrogen-bond acceptors (Lipinski definition) is 2. The minimum atomic E-state index is 0.0375. The molecule has 1 fully saturated rings. The first kappa shape index (κ1) is 15.2. The summed E-state index contributed by atoms with van der Waals surface area (Å²) in [6, 6.07) is 21.2. The lowest BCUT2D eigenvalue weighted by Gasteiger charge is -2.22. The molecule has 24 heavy (non-hydrogen) atoms. The Morgan fingerprint density at radius 1 is 1.00 bits per heavy atom. The van der Waals surface area contributed by atoms with Crippen LogP contribution in [0.3, 0.4) is 0 Å². The summed E-state index contributed by atoms with van der Waals surface area (Å²) in [5, 5.41) is 0. The van der Waals surface area contributed by atoms with E-state index in [1.54, 1.807) is 0 Å². The lowest BCUT2D eigenvalue weighted by molar-refractivity contribution is 0.0288. The summed E-state index contributed by atoms with van der Waals surface area (Å²) in [5.41, 5.74) is 5.03. The second-order valence-corrected chi connectivity index (χ2v) is 6.32. The summed E-state index contributed by atoms with van der Waals surface area (Å²) in [7, 11) is 0. The van der Waals surface area contributed by atoms with E-state index < -0.39 is 0 Å². The van der Waals surface area contributed by atoms with Crippen LogP contribution in [0.2, 0.25) is 0 Å². The Morgan fingerprint density at radius 2 is 1.79 bits per heavy atom. The molecule has 1 saturated heterocycles. The molecule has 1 aliphatic rings. The van der Waals surface area contributed by atoms with Gasteiger partial charge in [0.1, 0.15) is 6.23 Å². The van der Waals surface area contributed by atoms with Gasteiger partial charge in [0.15, 0.2) is 0 Å². The molecule has 1 aliphatic heterocycles. The zero-order valence-electron chi connectivity index (χ0n) is 13.9. The van der Waals surface area contributed by atoms with Gasteiger partial charge in [0.05, 0.1) is 6.61 Å². The van der Waals surface area contributed by atoms with Gasteiger partial charge in [-0.15, -0.1) is 0 Å². The van der Waals surface area contributed by atoms with E-state index in [0.717, 1.165) is 19.7 Å². The fraction of sp³-hybridized carbons (Fsp3) is 0.238. The maximum Gasteiger partial charge on any atom is 0.138 e. The molecule has 0 bridgehead atoms. The molecule has 3 heteroatoms. The minimum absolute atomic E-state index is 0.0375. The summed E-state index contributed by atoms with van der Waals surface area (Å²) in [5.74, 6) is 0. The zero-order valence-corrected chi connectivity index (χ0v) is 13.9. The predicted octanol–water partition coefficient (Wildman–Crippen LogP) is 4.32. The van der Waals surface area contributed by atoms with Crippen molar-refractivity contribution < 1.29 is 4.74 Å². The van der Waals surface area contributed by atoms with E-state index in [1.165, 1.54) is 22.4 Å². The number of aromatic nitrogens is 1. The van der Waals surface area contributed by atoms with Gasteiger partial charge in [-0.1, -0.05) is 48.5 Å². The summed E-state index contributed by atoms with van der Waals surface area (Å²) >= 11 is 0. The molecule has 3 nitrogen and oxygen atoms in total. The highest BCUT2D eigenvalue weighted by Crippen LogP contribution is 2.29. The summed E-state index contributed by atoms with van der Waals surface area (Å²) in [4.78, 5) is 2.40. The van der Waals surface area contributed by atoms with Crippen LogP contribution in [0.15, 0.2) is 73.1 Å². The molecule has 0 unspecified atom stereocenters. The Bertz CT molecular complexity index is 809. The molecular formula is C21H22N2O. The van der Waals surface area contributed by atoms with Crippen molar-refractivity contribution in [2.45, 2.75) is 19.7 Å². The van der Waals surface area contributed by atoms with Gasteiger partial charge in [-0.25, -0.2) is 0 Å².